The van der Waals surface area contributed by atoms with E-state index in [2.05, 4.69) is 19.8 Å². The predicted molar refractivity (Wildman–Crippen MR) is 111 cm³/mol. The first-order chi connectivity index (χ1) is 13.8. The number of nitrogens with one attached hydrogen (secondary N) is 1. The van der Waals surface area contributed by atoms with Crippen LogP contribution < -0.4 is 4.72 Å². The minimum Gasteiger partial charge on any atom is -0.275 e. The molecule has 0 fully saturated rings. The van der Waals surface area contributed by atoms with Crippen LogP contribution in [0.4, 0.5) is 5.69 Å². The van der Waals surface area contributed by atoms with Gasteiger partial charge in [-0.1, -0.05) is 6.07 Å². The van der Waals surface area contributed by atoms with Gasteiger partial charge in [0.1, 0.15) is 0 Å². The molecule has 0 saturated carbocycles. The molecule has 4 aromatic rings. The first-order valence-corrected chi connectivity index (χ1v) is 10.2. The van der Waals surface area contributed by atoms with Gasteiger partial charge in [0.25, 0.3) is 0 Å². The van der Waals surface area contributed by atoms with E-state index in [1.165, 1.54) is 20.3 Å². The fourth-order valence-electron chi connectivity index (χ4n) is 2.78. The van der Waals surface area contributed by atoms with Crippen molar-refractivity contribution < 1.29 is 8.42 Å². The molecule has 0 amide bonds. The monoisotopic (exact) mass is 409 g/mol. The standard InChI is InChI=1S/C19H19N7O2S/c1-25(2)29(27,28)24-16-6-14(8-20-10-16)13-4-5-17-18(7-13)23-19(11-21-17)15-9-22-26(3)12-15/h4-12,24H,1-3H3. The van der Waals surface area contributed by atoms with E-state index in [4.69, 9.17) is 4.98 Å². The Bertz CT molecular complexity index is 1300. The lowest BCUT2D eigenvalue weighted by atomic mass is 10.1. The van der Waals surface area contributed by atoms with Crippen molar-refractivity contribution in [3.8, 4) is 22.4 Å². The summed E-state index contributed by atoms with van der Waals surface area (Å²) in [5.74, 6) is 0. The van der Waals surface area contributed by atoms with Crippen LogP contribution in [0, 0.1) is 0 Å². The average molecular weight is 409 g/mol. The Morgan fingerprint density at radius 1 is 0.966 bits per heavy atom. The number of fused-ring (bicyclic) bond motifs is 1. The Balaban J connectivity index is 1.71. The highest BCUT2D eigenvalue weighted by Crippen LogP contribution is 2.26. The van der Waals surface area contributed by atoms with Gasteiger partial charge in [-0.25, -0.2) is 4.98 Å². The number of nitrogens with zero attached hydrogens (tertiary/aromatic N) is 6. The molecule has 3 heterocycles. The zero-order chi connectivity index (χ0) is 20.6. The van der Waals surface area contributed by atoms with Crippen molar-refractivity contribution in [2.24, 2.45) is 7.05 Å². The molecule has 0 aliphatic carbocycles. The second kappa shape index (κ2) is 7.22. The summed E-state index contributed by atoms with van der Waals surface area (Å²) in [5, 5.41) is 4.17. The van der Waals surface area contributed by atoms with Gasteiger partial charge in [-0.05, 0) is 23.8 Å². The average Bonchev–Trinajstić information content (AvgIpc) is 3.13. The number of benzene rings is 1. The summed E-state index contributed by atoms with van der Waals surface area (Å²) in [6.45, 7) is 0. The lowest BCUT2D eigenvalue weighted by Crippen LogP contribution is -2.28. The van der Waals surface area contributed by atoms with Crippen LogP contribution in [0.1, 0.15) is 0 Å². The number of aromatic nitrogens is 5. The van der Waals surface area contributed by atoms with Gasteiger partial charge in [0, 0.05) is 44.7 Å². The maximum atomic E-state index is 12.1. The topological polar surface area (TPSA) is 106 Å². The summed E-state index contributed by atoms with van der Waals surface area (Å²) in [6, 6.07) is 7.42. The maximum absolute atomic E-state index is 12.1. The van der Waals surface area contributed by atoms with Gasteiger partial charge in [-0.2, -0.15) is 17.8 Å². The van der Waals surface area contributed by atoms with E-state index >= 15 is 0 Å². The Hall–Kier alpha value is -3.37. The molecule has 0 radical (unpaired) electrons. The van der Waals surface area contributed by atoms with Gasteiger partial charge in [0.15, 0.2) is 0 Å². The van der Waals surface area contributed by atoms with Crippen molar-refractivity contribution in [1.29, 1.82) is 0 Å². The summed E-state index contributed by atoms with van der Waals surface area (Å²) in [4.78, 5) is 13.3. The minimum absolute atomic E-state index is 0.381. The van der Waals surface area contributed by atoms with Crippen molar-refractivity contribution in [3.63, 3.8) is 0 Å². The van der Waals surface area contributed by atoms with Gasteiger partial charge in [0.2, 0.25) is 0 Å². The summed E-state index contributed by atoms with van der Waals surface area (Å²) in [5.41, 5.74) is 5.10. The minimum atomic E-state index is -3.61. The van der Waals surface area contributed by atoms with Crippen LogP contribution in [-0.2, 0) is 17.3 Å². The van der Waals surface area contributed by atoms with Gasteiger partial charge >= 0.3 is 10.2 Å². The van der Waals surface area contributed by atoms with Crippen molar-refractivity contribution in [1.82, 2.24) is 29.0 Å². The van der Waals surface area contributed by atoms with Crippen molar-refractivity contribution in [2.45, 2.75) is 0 Å². The van der Waals surface area contributed by atoms with Crippen LogP contribution in [0.25, 0.3) is 33.4 Å². The van der Waals surface area contributed by atoms with E-state index in [0.717, 1.165) is 37.7 Å². The fraction of sp³-hybridized carbons (Fsp3) is 0.158. The number of anilines is 1. The zero-order valence-corrected chi connectivity index (χ0v) is 16.9. The van der Waals surface area contributed by atoms with Crippen molar-refractivity contribution >= 4 is 26.9 Å². The largest absolute Gasteiger partial charge is 0.301 e. The molecule has 29 heavy (non-hydrogen) atoms. The van der Waals surface area contributed by atoms with Crippen LogP contribution in [0.3, 0.4) is 0 Å². The SMILES string of the molecule is CN(C)S(=O)(=O)Nc1cncc(-c2ccc3ncc(-c4cnn(C)c4)nc3c2)c1. The van der Waals surface area contributed by atoms with E-state index in [9.17, 15) is 8.42 Å². The highest BCUT2D eigenvalue weighted by atomic mass is 32.2. The van der Waals surface area contributed by atoms with Gasteiger partial charge in [-0.15, -0.1) is 0 Å². The molecule has 9 nitrogen and oxygen atoms in total. The van der Waals surface area contributed by atoms with Crippen LogP contribution in [0.15, 0.2) is 55.2 Å². The molecule has 0 bridgehead atoms. The third kappa shape index (κ3) is 3.93. The highest BCUT2D eigenvalue weighted by molar-refractivity contribution is 7.90. The van der Waals surface area contributed by atoms with Crippen LogP contribution in [0.5, 0.6) is 0 Å². The molecule has 1 N–H and O–H groups in total. The van der Waals surface area contributed by atoms with Crippen LogP contribution in [-0.4, -0.2) is 51.6 Å². The molecule has 3 aromatic heterocycles. The van der Waals surface area contributed by atoms with Gasteiger partial charge in [0.05, 0.1) is 41.0 Å². The number of pyridine rings is 1. The Kier molecular flexibility index (Phi) is 4.73. The summed E-state index contributed by atoms with van der Waals surface area (Å²) < 4.78 is 29.4. The Labute approximate surface area is 168 Å². The molecule has 0 saturated heterocycles. The molecule has 0 aliphatic rings. The van der Waals surface area contributed by atoms with E-state index in [0.29, 0.717) is 5.69 Å². The van der Waals surface area contributed by atoms with Crippen LogP contribution >= 0.6 is 0 Å². The van der Waals surface area contributed by atoms with E-state index < -0.39 is 10.2 Å². The third-order valence-electron chi connectivity index (χ3n) is 4.34. The smallest absolute Gasteiger partial charge is 0.275 e. The third-order valence-corrected chi connectivity index (χ3v) is 5.80. The van der Waals surface area contributed by atoms with E-state index in [-0.39, 0.29) is 0 Å². The molecule has 1 aromatic carbocycles. The maximum Gasteiger partial charge on any atom is 0.301 e. The number of hydrogen-bond donors (Lipinski definition) is 1. The van der Waals surface area contributed by atoms with E-state index in [1.807, 2.05) is 31.4 Å². The molecule has 148 valence electrons. The molecule has 10 heteroatoms. The second-order valence-corrected chi connectivity index (χ2v) is 8.60. The summed E-state index contributed by atoms with van der Waals surface area (Å²) >= 11 is 0. The van der Waals surface area contributed by atoms with Crippen molar-refractivity contribution in [3.05, 3.63) is 55.2 Å². The lowest BCUT2D eigenvalue weighted by molar-refractivity contribution is 0.527. The molecule has 0 spiro atoms. The van der Waals surface area contributed by atoms with Gasteiger partial charge in [-0.3, -0.25) is 19.4 Å². The molecule has 0 unspecified atom stereocenters. The van der Waals surface area contributed by atoms with Gasteiger partial charge < -0.3 is 0 Å². The summed E-state index contributed by atoms with van der Waals surface area (Å²) in [7, 11) is 1.16. The molecular formula is C19H19N7O2S. The fourth-order valence-corrected chi connectivity index (χ4v) is 3.37. The normalized spacial score (nSPS) is 11.9. The summed E-state index contributed by atoms with van der Waals surface area (Å²) in [6.07, 6.45) is 8.48. The second-order valence-electron chi connectivity index (χ2n) is 6.71. The molecule has 0 aliphatic heterocycles. The first kappa shape index (κ1) is 19.0. The number of hydrogen-bond acceptors (Lipinski definition) is 6. The molecular weight excluding hydrogens is 390 g/mol. The van der Waals surface area contributed by atoms with E-state index in [1.54, 1.807) is 29.3 Å². The quantitative estimate of drug-likeness (QED) is 0.542. The number of aryl methyl sites for hydroxylation is 1. The zero-order valence-electron chi connectivity index (χ0n) is 16.1. The predicted octanol–water partition coefficient (Wildman–Crippen LogP) is 2.31. The lowest BCUT2D eigenvalue weighted by Gasteiger charge is -2.13. The Morgan fingerprint density at radius 2 is 1.79 bits per heavy atom. The highest BCUT2D eigenvalue weighted by Gasteiger charge is 2.14. The van der Waals surface area contributed by atoms with Crippen molar-refractivity contribution in [2.75, 3.05) is 18.8 Å². The molecule has 0 atom stereocenters. The molecule has 4 rings (SSSR count). The Morgan fingerprint density at radius 3 is 2.52 bits per heavy atom. The number of rotatable bonds is 5. The van der Waals surface area contributed by atoms with Crippen LogP contribution in [0.2, 0.25) is 0 Å². The first-order valence-electron chi connectivity index (χ1n) is 8.73.